The Labute approximate surface area is 94.7 Å². The molecule has 0 radical (unpaired) electrons. The van der Waals surface area contributed by atoms with Crippen molar-refractivity contribution in [2.75, 3.05) is 6.54 Å². The molecule has 0 saturated heterocycles. The fraction of sp³-hybridized carbons (Fsp3) is 0.583. The standard InChI is InChI=1S/C12H17NOS/c1-3-13-12(14)11-7-9-6-8(2)4-5-10(9)15-11/h7-8H,3-6H2,1-2H3,(H,13,14)/t8-/m1/s1. The van der Waals surface area contributed by atoms with Crippen molar-refractivity contribution in [3.05, 3.63) is 21.4 Å². The molecule has 1 heterocycles. The van der Waals surface area contributed by atoms with Crippen LogP contribution in [0.15, 0.2) is 6.07 Å². The fourth-order valence-corrected chi connectivity index (χ4v) is 3.19. The molecule has 15 heavy (non-hydrogen) atoms. The van der Waals surface area contributed by atoms with Crippen LogP contribution in [0.1, 0.15) is 40.4 Å². The van der Waals surface area contributed by atoms with Gasteiger partial charge >= 0.3 is 0 Å². The molecule has 2 rings (SSSR count). The number of rotatable bonds is 2. The van der Waals surface area contributed by atoms with Crippen molar-refractivity contribution in [2.45, 2.75) is 33.1 Å². The molecule has 1 atom stereocenters. The Morgan fingerprint density at radius 1 is 1.67 bits per heavy atom. The van der Waals surface area contributed by atoms with Crippen molar-refractivity contribution >= 4 is 17.2 Å². The fourth-order valence-electron chi connectivity index (χ4n) is 2.07. The minimum Gasteiger partial charge on any atom is -0.352 e. The quantitative estimate of drug-likeness (QED) is 0.820. The van der Waals surface area contributed by atoms with Gasteiger partial charge in [0.25, 0.3) is 5.91 Å². The van der Waals surface area contributed by atoms with Gasteiger partial charge in [-0.05, 0) is 43.7 Å². The maximum Gasteiger partial charge on any atom is 0.261 e. The Hall–Kier alpha value is -0.830. The average Bonchev–Trinajstić information content (AvgIpc) is 2.60. The first-order valence-electron chi connectivity index (χ1n) is 5.60. The smallest absolute Gasteiger partial charge is 0.261 e. The van der Waals surface area contributed by atoms with Crippen LogP contribution in [0.25, 0.3) is 0 Å². The maximum absolute atomic E-state index is 11.6. The molecule has 3 heteroatoms. The summed E-state index contributed by atoms with van der Waals surface area (Å²) in [4.78, 5) is 14.0. The van der Waals surface area contributed by atoms with Crippen LogP contribution in [-0.2, 0) is 12.8 Å². The SMILES string of the molecule is CCNC(=O)c1cc2c(s1)CC[C@@H](C)C2. The Kier molecular flexibility index (Phi) is 3.10. The van der Waals surface area contributed by atoms with Crippen LogP contribution in [0, 0.1) is 5.92 Å². The van der Waals surface area contributed by atoms with Crippen LogP contribution >= 0.6 is 11.3 Å². The Balaban J connectivity index is 2.19. The van der Waals surface area contributed by atoms with Gasteiger partial charge in [0.05, 0.1) is 4.88 Å². The first-order chi connectivity index (χ1) is 7.20. The van der Waals surface area contributed by atoms with Crippen molar-refractivity contribution in [1.29, 1.82) is 0 Å². The van der Waals surface area contributed by atoms with Crippen LogP contribution in [0.2, 0.25) is 0 Å². The van der Waals surface area contributed by atoms with Crippen molar-refractivity contribution < 1.29 is 4.79 Å². The van der Waals surface area contributed by atoms with Gasteiger partial charge in [-0.3, -0.25) is 4.79 Å². The summed E-state index contributed by atoms with van der Waals surface area (Å²) < 4.78 is 0. The molecule has 0 fully saturated rings. The first-order valence-corrected chi connectivity index (χ1v) is 6.42. The predicted octanol–water partition coefficient (Wildman–Crippen LogP) is 2.62. The van der Waals surface area contributed by atoms with E-state index < -0.39 is 0 Å². The van der Waals surface area contributed by atoms with Gasteiger partial charge in [-0.2, -0.15) is 0 Å². The van der Waals surface area contributed by atoms with E-state index in [9.17, 15) is 4.79 Å². The summed E-state index contributed by atoms with van der Waals surface area (Å²) in [6.07, 6.45) is 3.56. The van der Waals surface area contributed by atoms with E-state index in [1.54, 1.807) is 11.3 Å². The Morgan fingerprint density at radius 2 is 2.47 bits per heavy atom. The lowest BCUT2D eigenvalue weighted by atomic mass is 9.90. The van der Waals surface area contributed by atoms with Crippen LogP contribution in [-0.4, -0.2) is 12.5 Å². The largest absolute Gasteiger partial charge is 0.352 e. The second-order valence-corrected chi connectivity index (χ2v) is 5.40. The highest BCUT2D eigenvalue weighted by atomic mass is 32.1. The molecular weight excluding hydrogens is 206 g/mol. The van der Waals surface area contributed by atoms with Crippen LogP contribution in [0.5, 0.6) is 0 Å². The van der Waals surface area contributed by atoms with Crippen molar-refractivity contribution in [2.24, 2.45) is 5.92 Å². The summed E-state index contributed by atoms with van der Waals surface area (Å²) in [7, 11) is 0. The van der Waals surface area contributed by atoms with Gasteiger partial charge < -0.3 is 5.32 Å². The van der Waals surface area contributed by atoms with E-state index in [0.717, 1.165) is 23.6 Å². The second kappa shape index (κ2) is 4.35. The molecule has 0 bridgehead atoms. The lowest BCUT2D eigenvalue weighted by Gasteiger charge is -2.16. The van der Waals surface area contributed by atoms with Crippen molar-refractivity contribution in [3.8, 4) is 0 Å². The minimum atomic E-state index is 0.0875. The number of amides is 1. The maximum atomic E-state index is 11.6. The molecule has 1 amide bonds. The van der Waals surface area contributed by atoms with Crippen molar-refractivity contribution in [3.63, 3.8) is 0 Å². The zero-order valence-corrected chi connectivity index (χ0v) is 10.1. The molecule has 0 aliphatic heterocycles. The van der Waals surface area contributed by atoms with Crippen LogP contribution in [0.3, 0.4) is 0 Å². The minimum absolute atomic E-state index is 0.0875. The summed E-state index contributed by atoms with van der Waals surface area (Å²) in [5, 5.41) is 2.85. The van der Waals surface area contributed by atoms with E-state index in [1.165, 1.54) is 16.9 Å². The molecular formula is C12H17NOS. The summed E-state index contributed by atoms with van der Waals surface area (Å²) >= 11 is 1.67. The number of hydrogen-bond acceptors (Lipinski definition) is 2. The van der Waals surface area contributed by atoms with Gasteiger partial charge in [-0.25, -0.2) is 0 Å². The number of fused-ring (bicyclic) bond motifs is 1. The third-order valence-electron chi connectivity index (χ3n) is 2.89. The predicted molar refractivity (Wildman–Crippen MR) is 63.5 cm³/mol. The number of aryl methyl sites for hydroxylation is 1. The summed E-state index contributed by atoms with van der Waals surface area (Å²) in [6.45, 7) is 4.94. The number of hydrogen-bond donors (Lipinski definition) is 1. The molecule has 0 aromatic carbocycles. The molecule has 0 saturated carbocycles. The van der Waals surface area contributed by atoms with Gasteiger partial charge in [-0.1, -0.05) is 6.92 Å². The molecule has 1 aromatic rings. The molecule has 82 valence electrons. The molecule has 2 nitrogen and oxygen atoms in total. The Morgan fingerprint density at radius 3 is 3.20 bits per heavy atom. The van der Waals surface area contributed by atoms with Gasteiger partial charge in [0.15, 0.2) is 0 Å². The number of carbonyl (C=O) groups excluding carboxylic acids is 1. The molecule has 1 aromatic heterocycles. The second-order valence-electron chi connectivity index (χ2n) is 4.27. The van der Waals surface area contributed by atoms with E-state index in [-0.39, 0.29) is 5.91 Å². The number of thiophene rings is 1. The highest BCUT2D eigenvalue weighted by Gasteiger charge is 2.20. The van der Waals surface area contributed by atoms with Crippen LogP contribution in [0.4, 0.5) is 0 Å². The zero-order valence-electron chi connectivity index (χ0n) is 9.30. The van der Waals surface area contributed by atoms with E-state index in [1.807, 2.05) is 6.92 Å². The summed E-state index contributed by atoms with van der Waals surface area (Å²) in [6, 6.07) is 2.08. The highest BCUT2D eigenvalue weighted by molar-refractivity contribution is 7.14. The zero-order chi connectivity index (χ0) is 10.8. The third kappa shape index (κ3) is 2.23. The van der Waals surface area contributed by atoms with E-state index in [0.29, 0.717) is 6.54 Å². The van der Waals surface area contributed by atoms with Gasteiger partial charge in [0, 0.05) is 11.4 Å². The molecule has 0 unspecified atom stereocenters. The molecule has 1 aliphatic rings. The van der Waals surface area contributed by atoms with Gasteiger partial charge in [0.2, 0.25) is 0 Å². The summed E-state index contributed by atoms with van der Waals surface area (Å²) in [5.41, 5.74) is 1.40. The molecule has 0 spiro atoms. The van der Waals surface area contributed by atoms with E-state index in [2.05, 4.69) is 18.3 Å². The average molecular weight is 223 g/mol. The number of nitrogens with one attached hydrogen (secondary N) is 1. The lowest BCUT2D eigenvalue weighted by molar-refractivity contribution is 0.0960. The monoisotopic (exact) mass is 223 g/mol. The van der Waals surface area contributed by atoms with Crippen LogP contribution < -0.4 is 5.32 Å². The first kappa shape index (κ1) is 10.7. The number of carbonyl (C=O) groups is 1. The van der Waals surface area contributed by atoms with E-state index in [4.69, 9.17) is 0 Å². The Bertz CT molecular complexity index is 370. The molecule has 1 aliphatic carbocycles. The lowest BCUT2D eigenvalue weighted by Crippen LogP contribution is -2.21. The van der Waals surface area contributed by atoms with Crippen molar-refractivity contribution in [1.82, 2.24) is 5.32 Å². The van der Waals surface area contributed by atoms with Gasteiger partial charge in [-0.15, -0.1) is 11.3 Å². The third-order valence-corrected chi connectivity index (χ3v) is 4.13. The van der Waals surface area contributed by atoms with E-state index >= 15 is 0 Å². The molecule has 1 N–H and O–H groups in total. The normalized spacial score (nSPS) is 19.7. The summed E-state index contributed by atoms with van der Waals surface area (Å²) in [5.74, 6) is 0.860. The highest BCUT2D eigenvalue weighted by Crippen LogP contribution is 2.31. The van der Waals surface area contributed by atoms with Gasteiger partial charge in [0.1, 0.15) is 0 Å². The topological polar surface area (TPSA) is 29.1 Å².